The summed E-state index contributed by atoms with van der Waals surface area (Å²) >= 11 is 5.92. The van der Waals surface area contributed by atoms with Crippen LogP contribution < -0.4 is 0 Å². The third kappa shape index (κ3) is 2.72. The Hall–Kier alpha value is -2.27. The second-order valence-electron chi connectivity index (χ2n) is 4.93. The van der Waals surface area contributed by atoms with Gasteiger partial charge in [-0.2, -0.15) is 0 Å². The smallest absolute Gasteiger partial charge is 0.128 e. The molecule has 6 heteroatoms. The van der Waals surface area contributed by atoms with Gasteiger partial charge < -0.3 is 0 Å². The molecule has 3 aromatic rings. The van der Waals surface area contributed by atoms with Crippen molar-refractivity contribution in [3.63, 3.8) is 0 Å². The number of aryl methyl sites for hydroxylation is 1. The van der Waals surface area contributed by atoms with Gasteiger partial charge in [-0.1, -0.05) is 29.0 Å². The first-order valence-electron chi connectivity index (χ1n) is 6.62. The van der Waals surface area contributed by atoms with E-state index in [0.717, 1.165) is 17.2 Å². The minimum absolute atomic E-state index is 0.154. The fraction of sp³-hybridized carbons (Fsp3) is 0.125. The Morgan fingerprint density at radius 3 is 2.45 bits per heavy atom. The number of benzene rings is 2. The largest absolute Gasteiger partial charge is 0.212 e. The van der Waals surface area contributed by atoms with Crippen LogP contribution in [0.25, 0.3) is 16.9 Å². The van der Waals surface area contributed by atoms with Crippen LogP contribution in [0.5, 0.6) is 0 Å². The van der Waals surface area contributed by atoms with Crippen molar-refractivity contribution in [2.75, 3.05) is 0 Å². The Morgan fingerprint density at radius 1 is 1.09 bits per heavy atom. The first kappa shape index (κ1) is 14.7. The lowest BCUT2D eigenvalue weighted by Gasteiger charge is -2.09. The van der Waals surface area contributed by atoms with Crippen molar-refractivity contribution in [2.24, 2.45) is 0 Å². The second kappa shape index (κ2) is 5.85. The molecule has 3 rings (SSSR count). The topological polar surface area (TPSA) is 30.7 Å². The SMILES string of the molecule is Cc1cccc(-c2c(CCl)nnn2-c2cc(F)cc(F)c2)c1. The van der Waals surface area contributed by atoms with Crippen molar-refractivity contribution < 1.29 is 8.78 Å². The molecule has 1 heterocycles. The van der Waals surface area contributed by atoms with Crippen LogP contribution in [0.15, 0.2) is 42.5 Å². The van der Waals surface area contributed by atoms with Crippen molar-refractivity contribution in [2.45, 2.75) is 12.8 Å². The highest BCUT2D eigenvalue weighted by atomic mass is 35.5. The molecule has 22 heavy (non-hydrogen) atoms. The maximum atomic E-state index is 13.5. The molecule has 0 saturated carbocycles. The van der Waals surface area contributed by atoms with Crippen LogP contribution in [0, 0.1) is 18.6 Å². The zero-order valence-corrected chi connectivity index (χ0v) is 12.5. The Labute approximate surface area is 131 Å². The third-order valence-electron chi connectivity index (χ3n) is 3.25. The van der Waals surface area contributed by atoms with E-state index in [0.29, 0.717) is 11.4 Å². The highest BCUT2D eigenvalue weighted by Gasteiger charge is 2.16. The van der Waals surface area contributed by atoms with Crippen molar-refractivity contribution in [3.8, 4) is 16.9 Å². The van der Waals surface area contributed by atoms with Gasteiger partial charge in [0.2, 0.25) is 0 Å². The fourth-order valence-corrected chi connectivity index (χ4v) is 2.51. The average Bonchev–Trinajstić information content (AvgIpc) is 2.90. The first-order chi connectivity index (χ1) is 10.6. The lowest BCUT2D eigenvalue weighted by molar-refractivity contribution is 0.579. The Balaban J connectivity index is 2.23. The highest BCUT2D eigenvalue weighted by molar-refractivity contribution is 6.17. The van der Waals surface area contributed by atoms with Gasteiger partial charge in [-0.25, -0.2) is 13.5 Å². The van der Waals surface area contributed by atoms with E-state index in [2.05, 4.69) is 10.3 Å². The fourth-order valence-electron chi connectivity index (χ4n) is 2.33. The highest BCUT2D eigenvalue weighted by Crippen LogP contribution is 2.27. The zero-order chi connectivity index (χ0) is 15.7. The molecule has 0 bridgehead atoms. The number of hydrogen-bond acceptors (Lipinski definition) is 2. The monoisotopic (exact) mass is 319 g/mol. The predicted octanol–water partition coefficient (Wildman–Crippen LogP) is 4.26. The molecule has 0 aliphatic carbocycles. The van der Waals surface area contributed by atoms with Gasteiger partial charge in [0.15, 0.2) is 0 Å². The van der Waals surface area contributed by atoms with Crippen molar-refractivity contribution in [1.29, 1.82) is 0 Å². The van der Waals surface area contributed by atoms with E-state index in [-0.39, 0.29) is 11.6 Å². The molecule has 0 spiro atoms. The molecule has 3 nitrogen and oxygen atoms in total. The van der Waals surface area contributed by atoms with Gasteiger partial charge in [-0.15, -0.1) is 16.7 Å². The summed E-state index contributed by atoms with van der Waals surface area (Å²) in [6.45, 7) is 1.96. The average molecular weight is 320 g/mol. The minimum Gasteiger partial charge on any atom is -0.212 e. The summed E-state index contributed by atoms with van der Waals surface area (Å²) < 4.78 is 28.3. The maximum Gasteiger partial charge on any atom is 0.128 e. The third-order valence-corrected chi connectivity index (χ3v) is 3.50. The molecule has 0 amide bonds. The summed E-state index contributed by atoms with van der Waals surface area (Å²) in [6.07, 6.45) is 0. The maximum absolute atomic E-state index is 13.5. The van der Waals surface area contributed by atoms with Crippen LogP contribution in [-0.2, 0) is 5.88 Å². The Bertz CT molecular complexity index is 810. The Kier molecular flexibility index (Phi) is 3.90. The van der Waals surface area contributed by atoms with Gasteiger partial charge in [0.1, 0.15) is 17.3 Å². The van der Waals surface area contributed by atoms with Crippen LogP contribution in [0.4, 0.5) is 8.78 Å². The second-order valence-corrected chi connectivity index (χ2v) is 5.19. The number of hydrogen-bond donors (Lipinski definition) is 0. The molecule has 0 atom stereocenters. The predicted molar refractivity (Wildman–Crippen MR) is 81.0 cm³/mol. The first-order valence-corrected chi connectivity index (χ1v) is 7.16. The standard InChI is InChI=1S/C16H12ClF2N3/c1-10-3-2-4-11(5-10)16-15(9-17)20-21-22(16)14-7-12(18)6-13(19)8-14/h2-8H,9H2,1H3. The molecular formula is C16H12ClF2N3. The Morgan fingerprint density at radius 2 is 1.82 bits per heavy atom. The van der Waals surface area contributed by atoms with Gasteiger partial charge in [-0.05, 0) is 25.1 Å². The molecule has 112 valence electrons. The molecular weight excluding hydrogens is 308 g/mol. The van der Waals surface area contributed by atoms with Gasteiger partial charge in [-0.3, -0.25) is 0 Å². The summed E-state index contributed by atoms with van der Waals surface area (Å²) in [5.41, 5.74) is 3.33. The van der Waals surface area contributed by atoms with Crippen LogP contribution in [0.1, 0.15) is 11.3 Å². The zero-order valence-electron chi connectivity index (χ0n) is 11.7. The number of halogens is 3. The van der Waals surface area contributed by atoms with Gasteiger partial charge in [0.25, 0.3) is 0 Å². The van der Waals surface area contributed by atoms with Gasteiger partial charge in [0.05, 0.1) is 17.3 Å². The van der Waals surface area contributed by atoms with E-state index in [9.17, 15) is 8.78 Å². The lowest BCUT2D eigenvalue weighted by Crippen LogP contribution is -2.01. The van der Waals surface area contributed by atoms with E-state index in [4.69, 9.17) is 11.6 Å². The summed E-state index contributed by atoms with van der Waals surface area (Å²) in [5, 5.41) is 8.01. The lowest BCUT2D eigenvalue weighted by atomic mass is 10.1. The van der Waals surface area contributed by atoms with Crippen molar-refractivity contribution >= 4 is 11.6 Å². The van der Waals surface area contributed by atoms with Crippen molar-refractivity contribution in [3.05, 3.63) is 65.4 Å². The van der Waals surface area contributed by atoms with Gasteiger partial charge in [0, 0.05) is 11.6 Å². The number of nitrogens with zero attached hydrogens (tertiary/aromatic N) is 3. The van der Waals surface area contributed by atoms with Crippen LogP contribution in [0.3, 0.4) is 0 Å². The van der Waals surface area contributed by atoms with E-state index in [1.54, 1.807) is 0 Å². The van der Waals surface area contributed by atoms with Crippen molar-refractivity contribution in [1.82, 2.24) is 15.0 Å². The molecule has 1 aromatic heterocycles. The molecule has 0 N–H and O–H groups in total. The molecule has 0 radical (unpaired) electrons. The molecule has 0 unspecified atom stereocenters. The summed E-state index contributed by atoms with van der Waals surface area (Å²) in [6, 6.07) is 10.9. The summed E-state index contributed by atoms with van der Waals surface area (Å²) in [7, 11) is 0. The number of rotatable bonds is 3. The van der Waals surface area contributed by atoms with Crippen LogP contribution in [-0.4, -0.2) is 15.0 Å². The molecule has 0 saturated heterocycles. The normalized spacial score (nSPS) is 10.9. The van der Waals surface area contributed by atoms with Crippen LogP contribution >= 0.6 is 11.6 Å². The summed E-state index contributed by atoms with van der Waals surface area (Å²) in [4.78, 5) is 0. The quantitative estimate of drug-likeness (QED) is 0.675. The van der Waals surface area contributed by atoms with E-state index >= 15 is 0 Å². The molecule has 2 aromatic carbocycles. The minimum atomic E-state index is -0.673. The summed E-state index contributed by atoms with van der Waals surface area (Å²) in [5.74, 6) is -1.19. The molecule has 0 fully saturated rings. The van der Waals surface area contributed by atoms with E-state index in [1.807, 2.05) is 31.2 Å². The van der Waals surface area contributed by atoms with E-state index in [1.165, 1.54) is 16.8 Å². The molecule has 0 aliphatic heterocycles. The van der Waals surface area contributed by atoms with E-state index < -0.39 is 11.6 Å². The molecule has 0 aliphatic rings. The number of alkyl halides is 1. The number of aromatic nitrogens is 3. The van der Waals surface area contributed by atoms with Crippen LogP contribution in [0.2, 0.25) is 0 Å². The van der Waals surface area contributed by atoms with Gasteiger partial charge >= 0.3 is 0 Å².